The normalized spacial score (nSPS) is 18.5. The van der Waals surface area contributed by atoms with Gasteiger partial charge in [0.2, 0.25) is 0 Å². The number of benzene rings is 1. The molecule has 1 atom stereocenters. The molecule has 0 fully saturated rings. The van der Waals surface area contributed by atoms with E-state index in [0.717, 1.165) is 6.54 Å². The molecule has 1 aromatic carbocycles. The van der Waals surface area contributed by atoms with Gasteiger partial charge in [0.15, 0.2) is 0 Å². The second-order valence-corrected chi connectivity index (χ2v) is 3.60. The fraction of sp³-hybridized carbons (Fsp3) is 0.385. The summed E-state index contributed by atoms with van der Waals surface area (Å²) in [6.45, 7) is 2.68. The molecule has 1 heteroatoms. The molecule has 0 bridgehead atoms. The lowest BCUT2D eigenvalue weighted by molar-refractivity contribution is 0.568. The van der Waals surface area contributed by atoms with E-state index in [-0.39, 0.29) is 0 Å². The predicted molar refractivity (Wildman–Crippen MR) is 59.0 cm³/mol. The average Bonchev–Trinajstić information content (AvgIpc) is 2.63. The Kier molecular flexibility index (Phi) is 2.86. The Morgan fingerprint density at radius 2 is 2.29 bits per heavy atom. The number of nitrogens with one attached hydrogen (secondary N) is 1. The van der Waals surface area contributed by atoms with Crippen molar-refractivity contribution in [2.24, 2.45) is 0 Å². The van der Waals surface area contributed by atoms with E-state index in [1.54, 1.807) is 0 Å². The van der Waals surface area contributed by atoms with Gasteiger partial charge in [-0.25, -0.2) is 0 Å². The van der Waals surface area contributed by atoms with Crippen molar-refractivity contribution in [3.63, 3.8) is 0 Å². The molecule has 0 saturated heterocycles. The zero-order valence-electron chi connectivity index (χ0n) is 8.51. The molecule has 2 rings (SSSR count). The number of fused-ring (bicyclic) bond motifs is 1. The summed E-state index contributed by atoms with van der Waals surface area (Å²) >= 11 is 0. The summed E-state index contributed by atoms with van der Waals surface area (Å²) in [6.07, 6.45) is 2.41. The van der Waals surface area contributed by atoms with E-state index in [1.165, 1.54) is 24.0 Å². The first-order valence-electron chi connectivity index (χ1n) is 5.12. The average molecular weight is 185 g/mol. The predicted octanol–water partition coefficient (Wildman–Crippen LogP) is 2.29. The summed E-state index contributed by atoms with van der Waals surface area (Å²) in [5.41, 5.74) is 2.96. The van der Waals surface area contributed by atoms with Gasteiger partial charge in [-0.2, -0.15) is 0 Å². The minimum atomic E-state index is 0.520. The first-order valence-corrected chi connectivity index (χ1v) is 5.12. The Morgan fingerprint density at radius 1 is 1.43 bits per heavy atom. The van der Waals surface area contributed by atoms with E-state index in [1.807, 2.05) is 6.92 Å². The molecule has 0 radical (unpaired) electrons. The number of aryl methyl sites for hydroxylation is 1. The third-order valence-electron chi connectivity index (χ3n) is 2.75. The van der Waals surface area contributed by atoms with Crippen LogP contribution in [0.2, 0.25) is 0 Å². The molecule has 0 aliphatic heterocycles. The zero-order chi connectivity index (χ0) is 9.80. The molecule has 1 aliphatic carbocycles. The summed E-state index contributed by atoms with van der Waals surface area (Å²) in [5.74, 6) is 5.95. The molecule has 1 N–H and O–H groups in total. The van der Waals surface area contributed by atoms with Crippen molar-refractivity contribution in [2.75, 3.05) is 6.54 Å². The molecule has 0 spiro atoms. The smallest absolute Gasteiger partial charge is 0.0581 e. The van der Waals surface area contributed by atoms with Crippen LogP contribution in [0.1, 0.15) is 30.5 Å². The lowest BCUT2D eigenvalue weighted by Crippen LogP contribution is -2.19. The second-order valence-electron chi connectivity index (χ2n) is 3.60. The fourth-order valence-electron chi connectivity index (χ4n) is 2.03. The fourth-order valence-corrected chi connectivity index (χ4v) is 2.03. The van der Waals surface area contributed by atoms with E-state index >= 15 is 0 Å². The van der Waals surface area contributed by atoms with Gasteiger partial charge in [0.05, 0.1) is 6.54 Å². The van der Waals surface area contributed by atoms with Crippen LogP contribution in [0.5, 0.6) is 0 Å². The van der Waals surface area contributed by atoms with E-state index < -0.39 is 0 Å². The molecule has 72 valence electrons. The molecule has 14 heavy (non-hydrogen) atoms. The van der Waals surface area contributed by atoms with E-state index in [0.29, 0.717) is 6.04 Å². The van der Waals surface area contributed by atoms with E-state index in [4.69, 9.17) is 0 Å². The third-order valence-corrected chi connectivity index (χ3v) is 2.75. The Balaban J connectivity index is 2.05. The monoisotopic (exact) mass is 185 g/mol. The van der Waals surface area contributed by atoms with Crippen molar-refractivity contribution in [2.45, 2.75) is 25.8 Å². The van der Waals surface area contributed by atoms with Crippen LogP contribution in [0.3, 0.4) is 0 Å². The highest BCUT2D eigenvalue weighted by atomic mass is 14.9. The van der Waals surface area contributed by atoms with Crippen LogP contribution in [0.4, 0.5) is 0 Å². The van der Waals surface area contributed by atoms with Crippen LogP contribution in [0.25, 0.3) is 0 Å². The van der Waals surface area contributed by atoms with Gasteiger partial charge >= 0.3 is 0 Å². The van der Waals surface area contributed by atoms with E-state index in [2.05, 4.69) is 41.4 Å². The van der Waals surface area contributed by atoms with Gasteiger partial charge in [-0.15, -0.1) is 5.92 Å². The first-order chi connectivity index (χ1) is 6.92. The van der Waals surface area contributed by atoms with Crippen LogP contribution >= 0.6 is 0 Å². The van der Waals surface area contributed by atoms with Gasteiger partial charge in [0.1, 0.15) is 0 Å². The molecule has 1 nitrogen and oxygen atoms in total. The highest BCUT2D eigenvalue weighted by Gasteiger charge is 2.20. The maximum atomic E-state index is 3.47. The summed E-state index contributed by atoms with van der Waals surface area (Å²) in [5, 5.41) is 3.47. The number of hydrogen-bond acceptors (Lipinski definition) is 1. The number of hydrogen-bond donors (Lipinski definition) is 1. The quantitative estimate of drug-likeness (QED) is 0.697. The molecule has 1 aromatic rings. The molecule has 0 amide bonds. The Morgan fingerprint density at radius 3 is 3.14 bits per heavy atom. The zero-order valence-corrected chi connectivity index (χ0v) is 8.51. The van der Waals surface area contributed by atoms with Gasteiger partial charge < -0.3 is 0 Å². The molecule has 0 saturated carbocycles. The summed E-state index contributed by atoms with van der Waals surface area (Å²) in [7, 11) is 0. The maximum absolute atomic E-state index is 3.47. The molecule has 0 heterocycles. The lowest BCUT2D eigenvalue weighted by Gasteiger charge is -2.11. The molecule has 1 aliphatic rings. The standard InChI is InChI=1S/C13H15N/c1-2-3-10-14-13-9-8-11-6-4-5-7-12(11)13/h4-7,13-14H,8-10H2,1H3. The molecule has 0 aromatic heterocycles. The summed E-state index contributed by atoms with van der Waals surface area (Å²) in [6, 6.07) is 9.20. The van der Waals surface area contributed by atoms with Crippen molar-refractivity contribution in [3.05, 3.63) is 35.4 Å². The first kappa shape index (κ1) is 9.30. The Bertz CT molecular complexity index is 370. The summed E-state index contributed by atoms with van der Waals surface area (Å²) < 4.78 is 0. The minimum absolute atomic E-state index is 0.520. The van der Waals surface area contributed by atoms with Crippen molar-refractivity contribution in [1.82, 2.24) is 5.32 Å². The topological polar surface area (TPSA) is 12.0 Å². The lowest BCUT2D eigenvalue weighted by atomic mass is 10.1. The highest BCUT2D eigenvalue weighted by molar-refractivity contribution is 5.34. The van der Waals surface area contributed by atoms with Gasteiger partial charge in [0, 0.05) is 6.04 Å². The Labute approximate surface area is 85.5 Å². The van der Waals surface area contributed by atoms with Crippen LogP contribution in [0.15, 0.2) is 24.3 Å². The second kappa shape index (κ2) is 4.30. The molecular formula is C13H15N. The SMILES string of the molecule is CC#CCNC1CCc2ccccc21. The largest absolute Gasteiger partial charge is 0.299 e. The van der Waals surface area contributed by atoms with Crippen molar-refractivity contribution >= 4 is 0 Å². The van der Waals surface area contributed by atoms with E-state index in [9.17, 15) is 0 Å². The molecular weight excluding hydrogens is 170 g/mol. The minimum Gasteiger partial charge on any atom is -0.299 e. The van der Waals surface area contributed by atoms with Crippen molar-refractivity contribution in [1.29, 1.82) is 0 Å². The number of rotatable bonds is 2. The van der Waals surface area contributed by atoms with Crippen molar-refractivity contribution in [3.8, 4) is 11.8 Å². The summed E-state index contributed by atoms with van der Waals surface area (Å²) in [4.78, 5) is 0. The van der Waals surface area contributed by atoms with Crippen LogP contribution < -0.4 is 5.32 Å². The maximum Gasteiger partial charge on any atom is 0.0581 e. The van der Waals surface area contributed by atoms with Gasteiger partial charge in [-0.3, -0.25) is 5.32 Å². The van der Waals surface area contributed by atoms with Gasteiger partial charge in [0.25, 0.3) is 0 Å². The van der Waals surface area contributed by atoms with Gasteiger partial charge in [-0.05, 0) is 30.9 Å². The van der Waals surface area contributed by atoms with Gasteiger partial charge in [-0.1, -0.05) is 30.2 Å². The van der Waals surface area contributed by atoms with Crippen LogP contribution in [0, 0.1) is 11.8 Å². The third kappa shape index (κ3) is 1.81. The molecule has 1 unspecified atom stereocenters. The van der Waals surface area contributed by atoms with Crippen molar-refractivity contribution < 1.29 is 0 Å². The van der Waals surface area contributed by atoms with Crippen LogP contribution in [-0.4, -0.2) is 6.54 Å². The van der Waals surface area contributed by atoms with Crippen LogP contribution in [-0.2, 0) is 6.42 Å². The Hall–Kier alpha value is -1.26. The highest BCUT2D eigenvalue weighted by Crippen LogP contribution is 2.30.